The molecule has 0 atom stereocenters. The van der Waals surface area contributed by atoms with Crippen molar-refractivity contribution in [3.63, 3.8) is 0 Å². The summed E-state index contributed by atoms with van der Waals surface area (Å²) < 4.78 is 16.3. The molecule has 1 aliphatic carbocycles. The second-order valence-corrected chi connectivity index (χ2v) is 4.60. The molecule has 0 saturated heterocycles. The lowest BCUT2D eigenvalue weighted by atomic mass is 9.64. The lowest BCUT2D eigenvalue weighted by Crippen LogP contribution is -2.32. The number of methoxy groups -OCH3 is 3. The number of allylic oxidation sites excluding steroid dienone is 1. The zero-order valence-electron chi connectivity index (χ0n) is 11.3. The van der Waals surface area contributed by atoms with Crippen LogP contribution in [0.5, 0.6) is 17.2 Å². The number of benzene rings is 1. The van der Waals surface area contributed by atoms with E-state index in [0.717, 1.165) is 24.2 Å². The summed E-state index contributed by atoms with van der Waals surface area (Å²) in [5.41, 5.74) is 1.18. The van der Waals surface area contributed by atoms with E-state index in [9.17, 15) is 0 Å². The molecule has 0 amide bonds. The average molecular weight is 248 g/mol. The minimum Gasteiger partial charge on any atom is -0.493 e. The van der Waals surface area contributed by atoms with Crippen molar-refractivity contribution in [3.8, 4) is 17.2 Å². The predicted molar refractivity (Wildman–Crippen MR) is 71.8 cm³/mol. The van der Waals surface area contributed by atoms with Gasteiger partial charge in [0.25, 0.3) is 0 Å². The maximum Gasteiger partial charge on any atom is 0.203 e. The summed E-state index contributed by atoms with van der Waals surface area (Å²) in [7, 11) is 4.92. The first-order chi connectivity index (χ1) is 8.72. The first kappa shape index (κ1) is 12.8. The molecule has 1 aliphatic rings. The van der Waals surface area contributed by atoms with Crippen molar-refractivity contribution in [2.75, 3.05) is 21.3 Å². The molecule has 1 aromatic carbocycles. The third-order valence-electron chi connectivity index (χ3n) is 3.88. The van der Waals surface area contributed by atoms with E-state index in [0.29, 0.717) is 11.5 Å². The van der Waals surface area contributed by atoms with E-state index in [1.54, 1.807) is 21.3 Å². The quantitative estimate of drug-likeness (QED) is 0.748. The summed E-state index contributed by atoms with van der Waals surface area (Å²) in [6, 6.07) is 3.99. The molecular weight excluding hydrogens is 228 g/mol. The zero-order chi connectivity index (χ0) is 13.2. The van der Waals surface area contributed by atoms with Gasteiger partial charge in [-0.25, -0.2) is 0 Å². The molecule has 2 rings (SSSR count). The molecule has 0 heterocycles. The van der Waals surface area contributed by atoms with Crippen molar-refractivity contribution in [2.24, 2.45) is 0 Å². The Hall–Kier alpha value is -1.64. The maximum absolute atomic E-state index is 5.54. The van der Waals surface area contributed by atoms with Crippen molar-refractivity contribution >= 4 is 0 Å². The molecule has 3 nitrogen and oxygen atoms in total. The molecule has 98 valence electrons. The van der Waals surface area contributed by atoms with E-state index < -0.39 is 0 Å². The highest BCUT2D eigenvalue weighted by molar-refractivity contribution is 5.59. The van der Waals surface area contributed by atoms with Gasteiger partial charge >= 0.3 is 0 Å². The van der Waals surface area contributed by atoms with Crippen LogP contribution >= 0.6 is 0 Å². The molecule has 0 N–H and O–H groups in total. The lowest BCUT2D eigenvalue weighted by molar-refractivity contribution is 0.283. The van der Waals surface area contributed by atoms with Crippen LogP contribution in [-0.4, -0.2) is 21.3 Å². The smallest absolute Gasteiger partial charge is 0.203 e. The van der Waals surface area contributed by atoms with Crippen LogP contribution in [0.15, 0.2) is 24.8 Å². The SMILES string of the molecule is C=CC1(c2ccc(OC)c(OC)c2OC)CCC1. The monoisotopic (exact) mass is 248 g/mol. The van der Waals surface area contributed by atoms with E-state index in [4.69, 9.17) is 14.2 Å². The highest BCUT2D eigenvalue weighted by atomic mass is 16.5. The number of ether oxygens (including phenoxy) is 3. The molecule has 0 aliphatic heterocycles. The van der Waals surface area contributed by atoms with Crippen LogP contribution < -0.4 is 14.2 Å². The number of rotatable bonds is 5. The molecular formula is C15H20O3. The van der Waals surface area contributed by atoms with Crippen LogP contribution in [0.2, 0.25) is 0 Å². The first-order valence-corrected chi connectivity index (χ1v) is 6.15. The highest BCUT2D eigenvalue weighted by Crippen LogP contribution is 2.52. The number of hydrogen-bond donors (Lipinski definition) is 0. The van der Waals surface area contributed by atoms with Crippen LogP contribution in [0.25, 0.3) is 0 Å². The van der Waals surface area contributed by atoms with E-state index in [1.807, 2.05) is 12.1 Å². The standard InChI is InChI=1S/C15H20O3/c1-5-15(9-6-10-15)11-7-8-12(16-2)14(18-4)13(11)17-3/h5,7-8H,1,6,9-10H2,2-4H3. The second kappa shape index (κ2) is 4.92. The van der Waals surface area contributed by atoms with E-state index in [2.05, 4.69) is 12.6 Å². The fraction of sp³-hybridized carbons (Fsp3) is 0.467. The van der Waals surface area contributed by atoms with Gasteiger partial charge in [0.05, 0.1) is 21.3 Å². The molecule has 18 heavy (non-hydrogen) atoms. The average Bonchev–Trinajstić information content (AvgIpc) is 2.37. The van der Waals surface area contributed by atoms with Gasteiger partial charge in [0, 0.05) is 11.0 Å². The van der Waals surface area contributed by atoms with Crippen molar-refractivity contribution in [1.82, 2.24) is 0 Å². The Bertz CT molecular complexity index is 447. The molecule has 0 unspecified atom stereocenters. The predicted octanol–water partition coefficient (Wildman–Crippen LogP) is 3.32. The fourth-order valence-corrected chi connectivity index (χ4v) is 2.63. The van der Waals surface area contributed by atoms with E-state index >= 15 is 0 Å². The third-order valence-corrected chi connectivity index (χ3v) is 3.88. The van der Waals surface area contributed by atoms with Gasteiger partial charge in [-0.15, -0.1) is 6.58 Å². The van der Waals surface area contributed by atoms with Crippen molar-refractivity contribution in [3.05, 3.63) is 30.4 Å². The molecule has 0 aromatic heterocycles. The Morgan fingerprint density at radius 3 is 2.11 bits per heavy atom. The van der Waals surface area contributed by atoms with Gasteiger partial charge in [-0.05, 0) is 18.9 Å². The largest absolute Gasteiger partial charge is 0.493 e. The zero-order valence-corrected chi connectivity index (χ0v) is 11.3. The summed E-state index contributed by atoms with van der Waals surface area (Å²) in [5, 5.41) is 0. The van der Waals surface area contributed by atoms with Gasteiger partial charge in [-0.2, -0.15) is 0 Å². The van der Waals surface area contributed by atoms with Gasteiger partial charge in [0.1, 0.15) is 0 Å². The highest BCUT2D eigenvalue weighted by Gasteiger charge is 2.39. The Kier molecular flexibility index (Phi) is 3.50. The van der Waals surface area contributed by atoms with Crippen LogP contribution in [0.3, 0.4) is 0 Å². The number of hydrogen-bond acceptors (Lipinski definition) is 3. The molecule has 1 saturated carbocycles. The molecule has 1 fully saturated rings. The van der Waals surface area contributed by atoms with Gasteiger partial charge in [0.2, 0.25) is 5.75 Å². The van der Waals surface area contributed by atoms with Gasteiger partial charge in [0.15, 0.2) is 11.5 Å². The summed E-state index contributed by atoms with van der Waals surface area (Å²) in [6.07, 6.45) is 5.48. The third kappa shape index (κ3) is 1.74. The van der Waals surface area contributed by atoms with E-state index in [-0.39, 0.29) is 5.41 Å². The van der Waals surface area contributed by atoms with Crippen LogP contribution in [0.4, 0.5) is 0 Å². The van der Waals surface area contributed by atoms with Crippen LogP contribution in [0.1, 0.15) is 24.8 Å². The van der Waals surface area contributed by atoms with Crippen LogP contribution in [0, 0.1) is 0 Å². The van der Waals surface area contributed by atoms with Gasteiger partial charge < -0.3 is 14.2 Å². The summed E-state index contributed by atoms with van der Waals surface area (Å²) in [5.74, 6) is 2.11. The minimum absolute atomic E-state index is 0.0326. The minimum atomic E-state index is 0.0326. The molecule has 0 spiro atoms. The normalized spacial score (nSPS) is 16.6. The van der Waals surface area contributed by atoms with Crippen molar-refractivity contribution in [2.45, 2.75) is 24.7 Å². The first-order valence-electron chi connectivity index (χ1n) is 6.15. The molecule has 3 heteroatoms. The van der Waals surface area contributed by atoms with E-state index in [1.165, 1.54) is 6.42 Å². The van der Waals surface area contributed by atoms with Crippen molar-refractivity contribution in [1.29, 1.82) is 0 Å². The molecule has 1 aromatic rings. The Morgan fingerprint density at radius 1 is 1.06 bits per heavy atom. The van der Waals surface area contributed by atoms with Crippen LogP contribution in [-0.2, 0) is 5.41 Å². The molecule has 0 radical (unpaired) electrons. The summed E-state index contributed by atoms with van der Waals surface area (Å²) >= 11 is 0. The molecule has 0 bridgehead atoms. The summed E-state index contributed by atoms with van der Waals surface area (Å²) in [6.45, 7) is 3.98. The van der Waals surface area contributed by atoms with Crippen molar-refractivity contribution < 1.29 is 14.2 Å². The second-order valence-electron chi connectivity index (χ2n) is 4.60. The Morgan fingerprint density at radius 2 is 1.72 bits per heavy atom. The topological polar surface area (TPSA) is 27.7 Å². The van der Waals surface area contributed by atoms with Gasteiger partial charge in [-0.3, -0.25) is 0 Å². The fourth-order valence-electron chi connectivity index (χ4n) is 2.63. The lowest BCUT2D eigenvalue weighted by Gasteiger charge is -2.40. The Labute approximate surface area is 108 Å². The summed E-state index contributed by atoms with van der Waals surface area (Å²) in [4.78, 5) is 0. The maximum atomic E-state index is 5.54. The van der Waals surface area contributed by atoms with Gasteiger partial charge in [-0.1, -0.05) is 18.6 Å². The Balaban J connectivity index is 2.57.